The number of imide groups is 2. The van der Waals surface area contributed by atoms with Gasteiger partial charge in [0.15, 0.2) is 0 Å². The molecule has 0 radical (unpaired) electrons. The highest BCUT2D eigenvalue weighted by atomic mass is 35.5. The van der Waals surface area contributed by atoms with Crippen molar-refractivity contribution in [1.29, 1.82) is 0 Å². The minimum absolute atomic E-state index is 0.0534. The van der Waals surface area contributed by atoms with E-state index in [2.05, 4.69) is 27.9 Å². The number of fused-ring (bicyclic) bond motifs is 2. The van der Waals surface area contributed by atoms with Crippen molar-refractivity contribution < 1.29 is 47.3 Å². The molecule has 14 nitrogen and oxygen atoms in total. The second-order valence-electron chi connectivity index (χ2n) is 15.8. The molecule has 16 heteroatoms. The van der Waals surface area contributed by atoms with Crippen molar-refractivity contribution in [3.05, 3.63) is 94.4 Å². The number of piperidine rings is 1. The molecule has 2 aliphatic heterocycles. The normalized spacial score (nSPS) is 19.3. The first kappa shape index (κ1) is 44.6. The van der Waals surface area contributed by atoms with Crippen LogP contribution in [-0.4, -0.2) is 98.3 Å². The maximum absolute atomic E-state index is 14.0. The molecule has 3 aromatic carbocycles. The van der Waals surface area contributed by atoms with Gasteiger partial charge in [0, 0.05) is 48.4 Å². The minimum Gasteiger partial charge on any atom is -0.490 e. The van der Waals surface area contributed by atoms with Crippen LogP contribution in [0.2, 0.25) is 5.02 Å². The monoisotopic (exact) mass is 871 g/mol. The largest absolute Gasteiger partial charge is 0.490 e. The van der Waals surface area contributed by atoms with Crippen LogP contribution in [0.1, 0.15) is 84.1 Å². The molecular formula is C46H51ClFN5O9. The lowest BCUT2D eigenvalue weighted by atomic mass is 9.73. The number of nitrogens with zero attached hydrogens (tertiary/aromatic N) is 2. The Bertz CT molecular complexity index is 2290. The van der Waals surface area contributed by atoms with Crippen LogP contribution in [0.15, 0.2) is 66.9 Å². The first-order valence-corrected chi connectivity index (χ1v) is 21.5. The van der Waals surface area contributed by atoms with Gasteiger partial charge in [-0.25, -0.2) is 4.39 Å². The third kappa shape index (κ3) is 10.9. The zero-order valence-electron chi connectivity index (χ0n) is 34.6. The van der Waals surface area contributed by atoms with Crippen molar-refractivity contribution in [1.82, 2.24) is 15.2 Å². The Morgan fingerprint density at radius 3 is 2.39 bits per heavy atom. The summed E-state index contributed by atoms with van der Waals surface area (Å²) in [4.78, 5) is 68.6. The number of ether oxygens (including phenoxy) is 4. The van der Waals surface area contributed by atoms with E-state index in [0.29, 0.717) is 86.6 Å². The molecule has 3 heterocycles. The van der Waals surface area contributed by atoms with E-state index < -0.39 is 29.7 Å². The summed E-state index contributed by atoms with van der Waals surface area (Å²) in [7, 11) is 0. The Labute approximate surface area is 364 Å². The van der Waals surface area contributed by atoms with Crippen molar-refractivity contribution in [2.75, 3.05) is 63.4 Å². The SMILES string of the molecule is C[C@@H](CC(=O)Nc1ccc(Cl)c(OCCOCCOCCOCCNc2cccc3c2C(=O)N(C2CCC(=O)NC2=O)C3=O)c1)C1CCC(c2ccnc3ccc(F)cc23)CC1. The van der Waals surface area contributed by atoms with E-state index in [1.165, 1.54) is 6.07 Å². The van der Waals surface area contributed by atoms with Crippen LogP contribution in [0, 0.1) is 17.7 Å². The molecular weight excluding hydrogens is 821 g/mol. The van der Waals surface area contributed by atoms with Gasteiger partial charge in [-0.1, -0.05) is 24.6 Å². The van der Waals surface area contributed by atoms with Gasteiger partial charge in [-0.3, -0.25) is 39.2 Å². The maximum Gasteiger partial charge on any atom is 0.264 e. The van der Waals surface area contributed by atoms with Crippen molar-refractivity contribution in [2.45, 2.75) is 63.8 Å². The lowest BCUT2D eigenvalue weighted by Gasteiger charge is -2.32. The Morgan fingerprint density at radius 2 is 1.63 bits per heavy atom. The fraction of sp³-hybridized carbons (Fsp3) is 0.435. The average Bonchev–Trinajstić information content (AvgIpc) is 3.52. The van der Waals surface area contributed by atoms with Gasteiger partial charge in [-0.05, 0) is 104 Å². The predicted octanol–water partition coefficient (Wildman–Crippen LogP) is 6.91. The Kier molecular flexibility index (Phi) is 15.1. The van der Waals surface area contributed by atoms with E-state index in [1.54, 1.807) is 54.7 Å². The summed E-state index contributed by atoms with van der Waals surface area (Å²) in [6.45, 7) is 4.72. The first-order valence-electron chi connectivity index (χ1n) is 21.2. The van der Waals surface area contributed by atoms with Gasteiger partial charge in [-0.15, -0.1) is 0 Å². The number of rotatable bonds is 20. The number of amides is 5. The fourth-order valence-electron chi connectivity index (χ4n) is 8.53. The van der Waals surface area contributed by atoms with E-state index in [-0.39, 0.29) is 48.2 Å². The third-order valence-electron chi connectivity index (χ3n) is 11.7. The number of anilines is 2. The summed E-state index contributed by atoms with van der Waals surface area (Å²) in [6.07, 6.45) is 6.34. The van der Waals surface area contributed by atoms with Gasteiger partial charge in [-0.2, -0.15) is 0 Å². The number of pyridine rings is 1. The summed E-state index contributed by atoms with van der Waals surface area (Å²) in [5.41, 5.74) is 3.43. The minimum atomic E-state index is -1.03. The van der Waals surface area contributed by atoms with Crippen molar-refractivity contribution in [3.8, 4) is 5.75 Å². The zero-order chi connectivity index (χ0) is 43.6. The first-order chi connectivity index (χ1) is 30.1. The van der Waals surface area contributed by atoms with Gasteiger partial charge in [0.1, 0.15) is 24.2 Å². The standard InChI is InChI=1S/C46H51ClFN5O9/c1-28(29-5-7-30(8-6-29)33-15-16-49-37-12-9-31(48)26-35(33)37)25-42(55)51-32-10-11-36(47)40(27-32)62-24-23-61-22-21-60-20-19-59-18-17-50-38-4-2-3-34-43(38)46(58)53(45(34)57)39-13-14-41(54)52-44(39)56/h2-4,9-12,15-16,26-30,39,50H,5-8,13-14,17-25H2,1H3,(H,51,55)(H,52,54,56)/t28-,29?,30?,39?/m0/s1. The highest BCUT2D eigenvalue weighted by molar-refractivity contribution is 6.32. The smallest absolute Gasteiger partial charge is 0.264 e. The van der Waals surface area contributed by atoms with Crippen LogP contribution >= 0.6 is 11.6 Å². The molecule has 0 spiro atoms. The van der Waals surface area contributed by atoms with E-state index in [9.17, 15) is 28.4 Å². The topological polar surface area (TPSA) is 174 Å². The van der Waals surface area contributed by atoms with Gasteiger partial charge in [0.2, 0.25) is 17.7 Å². The van der Waals surface area contributed by atoms with E-state index in [1.807, 2.05) is 6.07 Å². The molecule has 1 saturated carbocycles. The van der Waals surface area contributed by atoms with Crippen LogP contribution in [-0.2, 0) is 28.6 Å². The number of aromatic nitrogens is 1. The van der Waals surface area contributed by atoms with Crippen LogP contribution in [0.25, 0.3) is 10.9 Å². The molecule has 4 aromatic rings. The molecule has 3 N–H and O–H groups in total. The van der Waals surface area contributed by atoms with Gasteiger partial charge in [0.25, 0.3) is 11.8 Å². The number of hydrogen-bond donors (Lipinski definition) is 3. The van der Waals surface area contributed by atoms with E-state index in [4.69, 9.17) is 30.5 Å². The molecule has 2 atom stereocenters. The van der Waals surface area contributed by atoms with Gasteiger partial charge < -0.3 is 29.6 Å². The predicted molar refractivity (Wildman–Crippen MR) is 230 cm³/mol. The summed E-state index contributed by atoms with van der Waals surface area (Å²) >= 11 is 6.38. The second-order valence-corrected chi connectivity index (χ2v) is 16.2. The summed E-state index contributed by atoms with van der Waals surface area (Å²) in [5.74, 6) is -1.12. The number of benzene rings is 3. The number of hydrogen-bond acceptors (Lipinski definition) is 11. The van der Waals surface area contributed by atoms with Gasteiger partial charge >= 0.3 is 0 Å². The van der Waals surface area contributed by atoms with Crippen LogP contribution in [0.3, 0.4) is 0 Å². The molecule has 62 heavy (non-hydrogen) atoms. The van der Waals surface area contributed by atoms with Crippen LogP contribution in [0.4, 0.5) is 15.8 Å². The second kappa shape index (κ2) is 21.1. The summed E-state index contributed by atoms with van der Waals surface area (Å²) in [5, 5.41) is 9.63. The molecule has 0 bridgehead atoms. The average molecular weight is 872 g/mol. The van der Waals surface area contributed by atoms with Crippen LogP contribution in [0.5, 0.6) is 5.75 Å². The third-order valence-corrected chi connectivity index (χ3v) is 12.0. The van der Waals surface area contributed by atoms with Gasteiger partial charge in [0.05, 0.1) is 61.3 Å². The molecule has 328 valence electrons. The Morgan fingerprint density at radius 1 is 0.887 bits per heavy atom. The Hall–Kier alpha value is -5.48. The van der Waals surface area contributed by atoms with Crippen molar-refractivity contribution in [2.24, 2.45) is 11.8 Å². The number of halogens is 2. The molecule has 2 fully saturated rings. The highest BCUT2D eigenvalue weighted by Crippen LogP contribution is 2.41. The molecule has 1 unspecified atom stereocenters. The zero-order valence-corrected chi connectivity index (χ0v) is 35.3. The number of carbonyl (C=O) groups is 5. The quantitative estimate of drug-likeness (QED) is 0.0622. The van der Waals surface area contributed by atoms with Crippen LogP contribution < -0.4 is 20.7 Å². The van der Waals surface area contributed by atoms with E-state index >= 15 is 0 Å². The lowest BCUT2D eigenvalue weighted by molar-refractivity contribution is -0.136. The van der Waals surface area contributed by atoms with E-state index in [0.717, 1.165) is 47.0 Å². The molecule has 7 rings (SSSR count). The summed E-state index contributed by atoms with van der Waals surface area (Å²) in [6, 6.07) is 15.8. The van der Waals surface area contributed by atoms with Crippen molar-refractivity contribution >= 4 is 63.4 Å². The molecule has 3 aliphatic rings. The molecule has 1 aromatic heterocycles. The highest BCUT2D eigenvalue weighted by Gasteiger charge is 2.45. The molecule has 5 amide bonds. The number of nitrogens with one attached hydrogen (secondary N) is 3. The Balaban J connectivity index is 0.730. The number of carbonyl (C=O) groups excluding carboxylic acids is 5. The maximum atomic E-state index is 14.0. The lowest BCUT2D eigenvalue weighted by Crippen LogP contribution is -2.54. The van der Waals surface area contributed by atoms with Crippen molar-refractivity contribution in [3.63, 3.8) is 0 Å². The molecule has 1 saturated heterocycles. The molecule has 1 aliphatic carbocycles. The fourth-order valence-corrected chi connectivity index (χ4v) is 8.70. The summed E-state index contributed by atoms with van der Waals surface area (Å²) < 4.78 is 36.7.